The van der Waals surface area contributed by atoms with Crippen molar-refractivity contribution in [2.45, 2.75) is 44.2 Å². The normalized spacial score (nSPS) is 23.3. The molecule has 1 atom stereocenters. The Hall–Kier alpha value is -1.08. The zero-order valence-corrected chi connectivity index (χ0v) is 15.9. The number of para-hydroxylation sites is 1. The van der Waals surface area contributed by atoms with Gasteiger partial charge < -0.3 is 9.64 Å². The van der Waals surface area contributed by atoms with E-state index < -0.39 is 9.84 Å². The Balaban J connectivity index is 1.70. The first kappa shape index (κ1) is 17.7. The lowest BCUT2D eigenvalue weighted by molar-refractivity contribution is -0.137. The first-order valence-electron chi connectivity index (χ1n) is 8.35. The topological polar surface area (TPSA) is 63.7 Å². The largest absolute Gasteiger partial charge is 0.483 e. The van der Waals surface area contributed by atoms with E-state index >= 15 is 0 Å². The molecule has 0 aromatic heterocycles. The smallest absolute Gasteiger partial charge is 0.261 e. The van der Waals surface area contributed by atoms with Crippen molar-refractivity contribution in [1.82, 2.24) is 4.90 Å². The molecule has 0 radical (unpaired) electrons. The van der Waals surface area contributed by atoms with Gasteiger partial charge in [0.15, 0.2) is 16.4 Å². The second-order valence-corrected chi connectivity index (χ2v) is 9.60. The molecule has 7 heteroatoms. The zero-order valence-electron chi connectivity index (χ0n) is 13.5. The van der Waals surface area contributed by atoms with Crippen LogP contribution in [0.1, 0.15) is 32.1 Å². The lowest BCUT2D eigenvalue weighted by atomic mass is 10.1. The van der Waals surface area contributed by atoms with E-state index in [1.54, 1.807) is 6.07 Å². The number of halogens is 1. The van der Waals surface area contributed by atoms with Crippen molar-refractivity contribution in [1.29, 1.82) is 0 Å². The molecule has 1 unspecified atom stereocenters. The molecule has 1 saturated carbocycles. The minimum absolute atomic E-state index is 0.0599. The third-order valence-corrected chi connectivity index (χ3v) is 7.20. The van der Waals surface area contributed by atoms with Crippen molar-refractivity contribution in [3.63, 3.8) is 0 Å². The quantitative estimate of drug-likeness (QED) is 0.741. The zero-order chi connectivity index (χ0) is 17.2. The van der Waals surface area contributed by atoms with E-state index in [-0.39, 0.29) is 36.1 Å². The highest BCUT2D eigenvalue weighted by molar-refractivity contribution is 9.10. The molecule has 1 heterocycles. The molecule has 1 amide bonds. The summed E-state index contributed by atoms with van der Waals surface area (Å²) in [4.78, 5) is 14.6. The number of carbonyl (C=O) groups is 1. The van der Waals surface area contributed by atoms with E-state index in [9.17, 15) is 13.2 Å². The second kappa shape index (κ2) is 7.44. The van der Waals surface area contributed by atoms with Crippen LogP contribution in [0.2, 0.25) is 0 Å². The van der Waals surface area contributed by atoms with E-state index in [0.29, 0.717) is 12.2 Å². The summed E-state index contributed by atoms with van der Waals surface area (Å²) >= 11 is 3.40. The fourth-order valence-corrected chi connectivity index (χ4v) is 5.77. The highest BCUT2D eigenvalue weighted by Gasteiger charge is 2.39. The molecule has 2 fully saturated rings. The molecule has 2 aliphatic rings. The van der Waals surface area contributed by atoms with Crippen LogP contribution in [-0.4, -0.2) is 49.4 Å². The summed E-state index contributed by atoms with van der Waals surface area (Å²) < 4.78 is 30.1. The molecule has 0 spiro atoms. The van der Waals surface area contributed by atoms with Gasteiger partial charge in [0, 0.05) is 12.1 Å². The van der Waals surface area contributed by atoms with Gasteiger partial charge in [-0.25, -0.2) is 8.42 Å². The van der Waals surface area contributed by atoms with E-state index in [2.05, 4.69) is 15.9 Å². The average Bonchev–Trinajstić information content (AvgIpc) is 3.17. The van der Waals surface area contributed by atoms with E-state index in [0.717, 1.165) is 30.2 Å². The number of hydrogen-bond donors (Lipinski definition) is 0. The van der Waals surface area contributed by atoms with Gasteiger partial charge in [0.25, 0.3) is 5.91 Å². The first-order chi connectivity index (χ1) is 11.5. The van der Waals surface area contributed by atoms with Gasteiger partial charge in [-0.2, -0.15) is 0 Å². The molecule has 24 heavy (non-hydrogen) atoms. The van der Waals surface area contributed by atoms with E-state index in [1.807, 2.05) is 23.1 Å². The molecule has 0 bridgehead atoms. The predicted molar refractivity (Wildman–Crippen MR) is 95.8 cm³/mol. The third kappa shape index (κ3) is 4.11. The predicted octanol–water partition coefficient (Wildman–Crippen LogP) is 2.79. The van der Waals surface area contributed by atoms with Crippen LogP contribution in [0.5, 0.6) is 5.75 Å². The minimum Gasteiger partial charge on any atom is -0.483 e. The van der Waals surface area contributed by atoms with Gasteiger partial charge in [0.1, 0.15) is 5.75 Å². The van der Waals surface area contributed by atoms with Crippen molar-refractivity contribution in [3.8, 4) is 5.75 Å². The van der Waals surface area contributed by atoms with Gasteiger partial charge in [-0.1, -0.05) is 25.0 Å². The molecule has 1 saturated heterocycles. The maximum Gasteiger partial charge on any atom is 0.261 e. The van der Waals surface area contributed by atoms with Crippen LogP contribution < -0.4 is 4.74 Å². The van der Waals surface area contributed by atoms with Gasteiger partial charge in [-0.15, -0.1) is 0 Å². The Morgan fingerprint density at radius 2 is 1.88 bits per heavy atom. The van der Waals surface area contributed by atoms with Gasteiger partial charge in [0.05, 0.1) is 16.0 Å². The molecule has 132 valence electrons. The molecule has 1 aliphatic heterocycles. The van der Waals surface area contributed by atoms with Gasteiger partial charge >= 0.3 is 0 Å². The van der Waals surface area contributed by atoms with E-state index in [1.165, 1.54) is 0 Å². The Bertz CT molecular complexity index is 700. The van der Waals surface area contributed by atoms with Crippen molar-refractivity contribution < 1.29 is 17.9 Å². The number of carbonyl (C=O) groups excluding carboxylic acids is 1. The minimum atomic E-state index is -3.02. The third-order valence-electron chi connectivity index (χ3n) is 4.80. The van der Waals surface area contributed by atoms with Crippen LogP contribution in [0.15, 0.2) is 28.7 Å². The fourth-order valence-electron chi connectivity index (χ4n) is 3.66. The number of rotatable bonds is 5. The molecule has 5 nitrogen and oxygen atoms in total. The van der Waals surface area contributed by atoms with Crippen LogP contribution in [0, 0.1) is 0 Å². The maximum absolute atomic E-state index is 12.8. The number of benzene rings is 1. The van der Waals surface area contributed by atoms with Gasteiger partial charge in [0.2, 0.25) is 0 Å². The van der Waals surface area contributed by atoms with Crippen molar-refractivity contribution in [2.75, 3.05) is 18.1 Å². The van der Waals surface area contributed by atoms with E-state index in [4.69, 9.17) is 4.74 Å². The molecule has 0 N–H and O–H groups in total. The Morgan fingerprint density at radius 3 is 2.50 bits per heavy atom. The maximum atomic E-state index is 12.8. The van der Waals surface area contributed by atoms with Crippen molar-refractivity contribution in [2.24, 2.45) is 0 Å². The summed E-state index contributed by atoms with van der Waals surface area (Å²) in [7, 11) is -3.02. The SMILES string of the molecule is O=C(COc1ccccc1Br)N(C1CCCC1)C1CCS(=O)(=O)C1. The lowest BCUT2D eigenvalue weighted by Gasteiger charge is -2.34. The van der Waals surface area contributed by atoms with Gasteiger partial charge in [-0.3, -0.25) is 4.79 Å². The highest BCUT2D eigenvalue weighted by Crippen LogP contribution is 2.30. The first-order valence-corrected chi connectivity index (χ1v) is 11.0. The lowest BCUT2D eigenvalue weighted by Crippen LogP contribution is -2.48. The van der Waals surface area contributed by atoms with Crippen LogP contribution in [0.25, 0.3) is 0 Å². The Labute approximate surface area is 151 Å². The van der Waals surface area contributed by atoms with Crippen LogP contribution in [-0.2, 0) is 14.6 Å². The monoisotopic (exact) mass is 415 g/mol. The number of ether oxygens (including phenoxy) is 1. The summed E-state index contributed by atoms with van der Waals surface area (Å²) in [5, 5.41) is 0. The molecule has 3 rings (SSSR count). The van der Waals surface area contributed by atoms with Crippen molar-refractivity contribution >= 4 is 31.7 Å². The van der Waals surface area contributed by atoms with Crippen LogP contribution >= 0.6 is 15.9 Å². The highest BCUT2D eigenvalue weighted by atomic mass is 79.9. The standard InChI is InChI=1S/C17H22BrNO4S/c18-15-7-3-4-8-16(15)23-11-17(20)19(13-5-1-2-6-13)14-9-10-24(21,22)12-14/h3-4,7-8,13-14H,1-2,5-6,9-12H2. The summed E-state index contributed by atoms with van der Waals surface area (Å²) in [6.45, 7) is -0.0599. The van der Waals surface area contributed by atoms with Crippen molar-refractivity contribution in [3.05, 3.63) is 28.7 Å². The molecular formula is C17H22BrNO4S. The van der Waals surface area contributed by atoms with Crippen LogP contribution in [0.4, 0.5) is 0 Å². The molecule has 1 aromatic rings. The summed E-state index contributed by atoms with van der Waals surface area (Å²) in [6, 6.07) is 7.35. The average molecular weight is 416 g/mol. The molecular weight excluding hydrogens is 394 g/mol. The molecule has 1 aromatic carbocycles. The summed E-state index contributed by atoms with van der Waals surface area (Å²) in [5.74, 6) is 0.778. The Kier molecular flexibility index (Phi) is 5.49. The number of nitrogens with zero attached hydrogens (tertiary/aromatic N) is 1. The number of amides is 1. The second-order valence-electron chi connectivity index (χ2n) is 6.52. The fraction of sp³-hybridized carbons (Fsp3) is 0.588. The number of hydrogen-bond acceptors (Lipinski definition) is 4. The van der Waals surface area contributed by atoms with Crippen LogP contribution in [0.3, 0.4) is 0 Å². The molecule has 1 aliphatic carbocycles. The Morgan fingerprint density at radius 1 is 1.17 bits per heavy atom. The number of sulfone groups is 1. The summed E-state index contributed by atoms with van der Waals surface area (Å²) in [6.07, 6.45) is 4.65. The summed E-state index contributed by atoms with van der Waals surface area (Å²) in [5.41, 5.74) is 0. The van der Waals surface area contributed by atoms with Gasteiger partial charge in [-0.05, 0) is 47.3 Å².